The molecule has 0 fully saturated rings. The molecule has 1 aromatic rings. The average molecular weight is 281 g/mol. The number of hydrogen-bond donors (Lipinski definition) is 1. The third-order valence-corrected chi connectivity index (χ3v) is 2.56. The fourth-order valence-corrected chi connectivity index (χ4v) is 1.64. The Morgan fingerprint density at radius 2 is 1.70 bits per heavy atom. The first kappa shape index (κ1) is 15.7. The highest BCUT2D eigenvalue weighted by Crippen LogP contribution is 2.39. The van der Waals surface area contributed by atoms with E-state index in [4.69, 9.17) is 24.7 Å². The zero-order valence-corrected chi connectivity index (χ0v) is 12.1. The molecule has 0 aliphatic carbocycles. The summed E-state index contributed by atoms with van der Waals surface area (Å²) in [5, 5.41) is 0. The van der Waals surface area contributed by atoms with Gasteiger partial charge in [-0.1, -0.05) is 0 Å². The highest BCUT2D eigenvalue weighted by atomic mass is 16.5. The standard InChI is InChI=1S/C14H19NO5/c1-5-20-13(16)8-10(15)9-6-11(17-2)14(19-4)12(7-9)18-3/h6-8H,5,15H2,1-4H3/b10-8-. The van der Waals surface area contributed by atoms with Crippen molar-refractivity contribution < 1.29 is 23.7 Å². The molecule has 0 radical (unpaired) electrons. The molecular weight excluding hydrogens is 262 g/mol. The molecule has 110 valence electrons. The van der Waals surface area contributed by atoms with E-state index in [1.54, 1.807) is 19.1 Å². The fraction of sp³-hybridized carbons (Fsp3) is 0.357. The van der Waals surface area contributed by atoms with Crippen LogP contribution in [0, 0.1) is 0 Å². The van der Waals surface area contributed by atoms with Crippen molar-refractivity contribution in [3.8, 4) is 17.2 Å². The minimum Gasteiger partial charge on any atom is -0.493 e. The summed E-state index contributed by atoms with van der Waals surface area (Å²) in [6.45, 7) is 2.01. The lowest BCUT2D eigenvalue weighted by molar-refractivity contribution is -0.137. The van der Waals surface area contributed by atoms with Crippen LogP contribution in [0.2, 0.25) is 0 Å². The Kier molecular flexibility index (Phi) is 5.71. The lowest BCUT2D eigenvalue weighted by Crippen LogP contribution is -2.06. The number of carbonyl (C=O) groups excluding carboxylic acids is 1. The lowest BCUT2D eigenvalue weighted by Gasteiger charge is -2.14. The van der Waals surface area contributed by atoms with E-state index in [1.807, 2.05) is 0 Å². The molecule has 0 aromatic heterocycles. The van der Waals surface area contributed by atoms with Gasteiger partial charge in [0.1, 0.15) is 0 Å². The van der Waals surface area contributed by atoms with Crippen LogP contribution < -0.4 is 19.9 Å². The summed E-state index contributed by atoms with van der Waals surface area (Å²) in [5.74, 6) is 0.880. The molecule has 0 aliphatic rings. The molecule has 0 aliphatic heterocycles. The molecule has 0 unspecified atom stereocenters. The summed E-state index contributed by atoms with van der Waals surface area (Å²) in [4.78, 5) is 11.4. The van der Waals surface area contributed by atoms with Crippen LogP contribution in [0.15, 0.2) is 18.2 Å². The molecular formula is C14H19NO5. The molecule has 6 heteroatoms. The Morgan fingerprint density at radius 1 is 1.15 bits per heavy atom. The maximum Gasteiger partial charge on any atom is 0.332 e. The van der Waals surface area contributed by atoms with Crippen molar-refractivity contribution in [1.82, 2.24) is 0 Å². The van der Waals surface area contributed by atoms with Gasteiger partial charge in [-0.05, 0) is 19.1 Å². The van der Waals surface area contributed by atoms with Gasteiger partial charge in [-0.3, -0.25) is 0 Å². The van der Waals surface area contributed by atoms with Gasteiger partial charge in [0.2, 0.25) is 5.75 Å². The van der Waals surface area contributed by atoms with Gasteiger partial charge in [0, 0.05) is 17.3 Å². The Balaban J connectivity index is 3.22. The Labute approximate surface area is 118 Å². The summed E-state index contributed by atoms with van der Waals surface area (Å²) in [7, 11) is 4.52. The van der Waals surface area contributed by atoms with Crippen LogP contribution in [-0.2, 0) is 9.53 Å². The summed E-state index contributed by atoms with van der Waals surface area (Å²) in [6.07, 6.45) is 1.21. The van der Waals surface area contributed by atoms with Gasteiger partial charge in [-0.25, -0.2) is 4.79 Å². The van der Waals surface area contributed by atoms with Crippen molar-refractivity contribution >= 4 is 11.7 Å². The molecule has 0 bridgehead atoms. The van der Waals surface area contributed by atoms with Crippen LogP contribution in [0.4, 0.5) is 0 Å². The number of benzene rings is 1. The number of rotatable bonds is 6. The summed E-state index contributed by atoms with van der Waals surface area (Å²) >= 11 is 0. The predicted molar refractivity (Wildman–Crippen MR) is 74.9 cm³/mol. The molecule has 6 nitrogen and oxygen atoms in total. The first-order valence-corrected chi connectivity index (χ1v) is 6.01. The molecule has 0 heterocycles. The van der Waals surface area contributed by atoms with E-state index in [2.05, 4.69) is 0 Å². The smallest absolute Gasteiger partial charge is 0.332 e. The van der Waals surface area contributed by atoms with Crippen LogP contribution in [0.25, 0.3) is 5.70 Å². The Hall–Kier alpha value is -2.37. The van der Waals surface area contributed by atoms with Crippen LogP contribution in [-0.4, -0.2) is 33.9 Å². The number of methoxy groups -OCH3 is 3. The maximum atomic E-state index is 11.4. The number of nitrogens with two attached hydrogens (primary N) is 1. The van der Waals surface area contributed by atoms with Crippen LogP contribution in [0.5, 0.6) is 17.2 Å². The topological polar surface area (TPSA) is 80.0 Å². The van der Waals surface area contributed by atoms with Crippen molar-refractivity contribution in [3.05, 3.63) is 23.8 Å². The molecule has 20 heavy (non-hydrogen) atoms. The zero-order valence-electron chi connectivity index (χ0n) is 12.1. The van der Waals surface area contributed by atoms with Gasteiger partial charge >= 0.3 is 5.97 Å². The number of carbonyl (C=O) groups is 1. The van der Waals surface area contributed by atoms with Gasteiger partial charge in [-0.2, -0.15) is 0 Å². The van der Waals surface area contributed by atoms with E-state index in [1.165, 1.54) is 27.4 Å². The monoisotopic (exact) mass is 281 g/mol. The zero-order chi connectivity index (χ0) is 15.1. The highest BCUT2D eigenvalue weighted by molar-refractivity contribution is 5.91. The number of esters is 1. The second-order valence-corrected chi connectivity index (χ2v) is 3.77. The normalized spacial score (nSPS) is 10.9. The average Bonchev–Trinajstić information content (AvgIpc) is 2.45. The van der Waals surface area contributed by atoms with Crippen molar-refractivity contribution in [2.45, 2.75) is 6.92 Å². The van der Waals surface area contributed by atoms with Gasteiger partial charge in [0.25, 0.3) is 0 Å². The molecule has 1 rings (SSSR count). The van der Waals surface area contributed by atoms with Crippen LogP contribution >= 0.6 is 0 Å². The largest absolute Gasteiger partial charge is 0.493 e. The molecule has 0 saturated carbocycles. The molecule has 2 N–H and O–H groups in total. The van der Waals surface area contributed by atoms with E-state index in [0.717, 1.165) is 0 Å². The minimum absolute atomic E-state index is 0.253. The third kappa shape index (κ3) is 3.57. The van der Waals surface area contributed by atoms with E-state index in [0.29, 0.717) is 22.8 Å². The Morgan fingerprint density at radius 3 is 2.10 bits per heavy atom. The third-order valence-electron chi connectivity index (χ3n) is 2.56. The summed E-state index contributed by atoms with van der Waals surface area (Å²) < 4.78 is 20.5. The molecule has 0 spiro atoms. The van der Waals surface area contributed by atoms with Gasteiger partial charge in [-0.15, -0.1) is 0 Å². The van der Waals surface area contributed by atoms with Crippen molar-refractivity contribution in [1.29, 1.82) is 0 Å². The minimum atomic E-state index is -0.501. The first-order valence-electron chi connectivity index (χ1n) is 6.01. The van der Waals surface area contributed by atoms with Gasteiger partial charge in [0.15, 0.2) is 11.5 Å². The van der Waals surface area contributed by atoms with Gasteiger partial charge in [0.05, 0.1) is 27.9 Å². The number of ether oxygens (including phenoxy) is 4. The van der Waals surface area contributed by atoms with Crippen molar-refractivity contribution in [3.63, 3.8) is 0 Å². The maximum absolute atomic E-state index is 11.4. The second kappa shape index (κ2) is 7.28. The predicted octanol–water partition coefficient (Wildman–Crippen LogP) is 1.58. The molecule has 0 atom stereocenters. The summed E-state index contributed by atoms with van der Waals surface area (Å²) in [6, 6.07) is 3.32. The fourth-order valence-electron chi connectivity index (χ4n) is 1.64. The first-order chi connectivity index (χ1) is 9.57. The van der Waals surface area contributed by atoms with Crippen LogP contribution in [0.3, 0.4) is 0 Å². The van der Waals surface area contributed by atoms with Gasteiger partial charge < -0.3 is 24.7 Å². The van der Waals surface area contributed by atoms with E-state index in [-0.39, 0.29) is 12.3 Å². The van der Waals surface area contributed by atoms with E-state index >= 15 is 0 Å². The van der Waals surface area contributed by atoms with Crippen molar-refractivity contribution in [2.24, 2.45) is 5.73 Å². The number of hydrogen-bond acceptors (Lipinski definition) is 6. The Bertz CT molecular complexity index is 485. The SMILES string of the molecule is CCOC(=O)/C=C(\N)c1cc(OC)c(OC)c(OC)c1. The van der Waals surface area contributed by atoms with Crippen molar-refractivity contribution in [2.75, 3.05) is 27.9 Å². The summed E-state index contributed by atoms with van der Waals surface area (Å²) in [5.41, 5.74) is 6.70. The molecule has 0 saturated heterocycles. The molecule has 0 amide bonds. The quantitative estimate of drug-likeness (QED) is 0.630. The lowest BCUT2D eigenvalue weighted by atomic mass is 10.1. The molecule has 1 aromatic carbocycles. The van der Waals surface area contributed by atoms with E-state index < -0.39 is 5.97 Å². The highest BCUT2D eigenvalue weighted by Gasteiger charge is 2.14. The van der Waals surface area contributed by atoms with Crippen LogP contribution in [0.1, 0.15) is 12.5 Å². The second-order valence-electron chi connectivity index (χ2n) is 3.77. The van der Waals surface area contributed by atoms with E-state index in [9.17, 15) is 4.79 Å².